The molecule has 0 aliphatic carbocycles. The highest BCUT2D eigenvalue weighted by atomic mass is 35.5. The van der Waals surface area contributed by atoms with Crippen molar-refractivity contribution < 1.29 is 14.3 Å². The Hall–Kier alpha value is -2.34. The third-order valence-corrected chi connectivity index (χ3v) is 5.39. The standard InChI is InChI=1S/C20H15Cl2NO3S/c1-11-3-5-12(6-4-11)15-10-27-19(17(15)20(25)26-2)23-18(24)14-8-7-13(21)9-16(14)22/h3-10H,1-2H3,(H,23,24). The molecule has 0 aliphatic heterocycles. The Morgan fingerprint density at radius 1 is 1.07 bits per heavy atom. The van der Waals surface area contributed by atoms with Gasteiger partial charge in [-0.05, 0) is 30.7 Å². The van der Waals surface area contributed by atoms with Crippen LogP contribution in [0.15, 0.2) is 47.8 Å². The smallest absolute Gasteiger partial charge is 0.341 e. The summed E-state index contributed by atoms with van der Waals surface area (Å²) in [5.74, 6) is -0.955. The summed E-state index contributed by atoms with van der Waals surface area (Å²) in [6, 6.07) is 12.4. The molecule has 1 heterocycles. The van der Waals surface area contributed by atoms with E-state index in [4.69, 9.17) is 27.9 Å². The van der Waals surface area contributed by atoms with E-state index in [0.717, 1.165) is 11.1 Å². The van der Waals surface area contributed by atoms with Crippen LogP contribution in [0.1, 0.15) is 26.3 Å². The number of nitrogens with one attached hydrogen (secondary N) is 1. The Morgan fingerprint density at radius 2 is 1.78 bits per heavy atom. The van der Waals surface area contributed by atoms with Crippen LogP contribution in [0.5, 0.6) is 0 Å². The highest BCUT2D eigenvalue weighted by Crippen LogP contribution is 2.37. The fraction of sp³-hybridized carbons (Fsp3) is 0.100. The van der Waals surface area contributed by atoms with Crippen molar-refractivity contribution in [1.82, 2.24) is 0 Å². The molecule has 3 aromatic rings. The molecule has 0 fully saturated rings. The predicted octanol–water partition coefficient (Wildman–Crippen LogP) is 6.07. The van der Waals surface area contributed by atoms with Crippen LogP contribution in [0.4, 0.5) is 5.00 Å². The number of carbonyl (C=O) groups is 2. The zero-order valence-corrected chi connectivity index (χ0v) is 16.8. The lowest BCUT2D eigenvalue weighted by molar-refractivity contribution is 0.0603. The molecule has 0 unspecified atom stereocenters. The molecule has 0 atom stereocenters. The Bertz CT molecular complexity index is 1010. The first kappa shape index (κ1) is 19.4. The van der Waals surface area contributed by atoms with Gasteiger partial charge in [-0.15, -0.1) is 11.3 Å². The van der Waals surface area contributed by atoms with Crippen LogP contribution in [0, 0.1) is 6.92 Å². The maximum Gasteiger partial charge on any atom is 0.341 e. The summed E-state index contributed by atoms with van der Waals surface area (Å²) >= 11 is 13.2. The van der Waals surface area contributed by atoms with Crippen molar-refractivity contribution in [3.05, 3.63) is 74.6 Å². The quantitative estimate of drug-likeness (QED) is 0.522. The van der Waals surface area contributed by atoms with Gasteiger partial charge < -0.3 is 10.1 Å². The first-order chi connectivity index (χ1) is 12.9. The number of thiophene rings is 1. The maximum atomic E-state index is 12.6. The highest BCUT2D eigenvalue weighted by Gasteiger charge is 2.23. The van der Waals surface area contributed by atoms with Crippen molar-refractivity contribution in [3.8, 4) is 11.1 Å². The van der Waals surface area contributed by atoms with E-state index in [9.17, 15) is 9.59 Å². The topological polar surface area (TPSA) is 55.4 Å². The molecule has 4 nitrogen and oxygen atoms in total. The number of amides is 1. The van der Waals surface area contributed by atoms with Crippen molar-refractivity contribution in [2.45, 2.75) is 6.92 Å². The average molecular weight is 420 g/mol. The largest absolute Gasteiger partial charge is 0.465 e. The minimum absolute atomic E-state index is 0.231. The van der Waals surface area contributed by atoms with Crippen LogP contribution in [0.25, 0.3) is 11.1 Å². The lowest BCUT2D eigenvalue weighted by Crippen LogP contribution is -2.14. The first-order valence-corrected chi connectivity index (χ1v) is 9.57. The van der Waals surface area contributed by atoms with Gasteiger partial charge in [0.2, 0.25) is 0 Å². The summed E-state index contributed by atoms with van der Waals surface area (Å²) in [7, 11) is 1.31. The molecular weight excluding hydrogens is 405 g/mol. The fourth-order valence-electron chi connectivity index (χ4n) is 2.54. The molecule has 1 aromatic heterocycles. The first-order valence-electron chi connectivity index (χ1n) is 7.94. The third-order valence-electron chi connectivity index (χ3n) is 3.95. The van der Waals surface area contributed by atoms with E-state index < -0.39 is 11.9 Å². The number of methoxy groups -OCH3 is 1. The Balaban J connectivity index is 1.99. The van der Waals surface area contributed by atoms with E-state index in [1.807, 2.05) is 36.6 Å². The van der Waals surface area contributed by atoms with E-state index in [1.54, 1.807) is 6.07 Å². The number of hydrogen-bond donors (Lipinski definition) is 1. The van der Waals surface area contributed by atoms with Gasteiger partial charge in [-0.3, -0.25) is 4.79 Å². The molecular formula is C20H15Cl2NO3S. The van der Waals surface area contributed by atoms with Crippen molar-refractivity contribution in [2.24, 2.45) is 0 Å². The van der Waals surface area contributed by atoms with E-state index in [0.29, 0.717) is 21.2 Å². The number of esters is 1. The number of rotatable bonds is 4. The molecule has 0 saturated carbocycles. The monoisotopic (exact) mass is 419 g/mol. The Kier molecular flexibility index (Phi) is 5.85. The lowest BCUT2D eigenvalue weighted by atomic mass is 10.0. The van der Waals surface area contributed by atoms with E-state index >= 15 is 0 Å². The van der Waals surface area contributed by atoms with Gasteiger partial charge in [0.25, 0.3) is 5.91 Å². The molecule has 1 amide bonds. The van der Waals surface area contributed by atoms with Gasteiger partial charge in [0, 0.05) is 16.0 Å². The van der Waals surface area contributed by atoms with Crippen molar-refractivity contribution in [2.75, 3.05) is 12.4 Å². The predicted molar refractivity (Wildman–Crippen MR) is 110 cm³/mol. The van der Waals surface area contributed by atoms with E-state index in [2.05, 4.69) is 5.32 Å². The van der Waals surface area contributed by atoms with Gasteiger partial charge in [0.1, 0.15) is 10.6 Å². The second-order valence-electron chi connectivity index (χ2n) is 5.79. The fourth-order valence-corrected chi connectivity index (χ4v) is 3.99. The molecule has 0 aliphatic rings. The van der Waals surface area contributed by atoms with Crippen molar-refractivity contribution in [3.63, 3.8) is 0 Å². The minimum Gasteiger partial charge on any atom is -0.465 e. The molecule has 2 aromatic carbocycles. The second kappa shape index (κ2) is 8.13. The van der Waals surface area contributed by atoms with Gasteiger partial charge >= 0.3 is 5.97 Å². The maximum absolute atomic E-state index is 12.6. The van der Waals surface area contributed by atoms with Crippen LogP contribution >= 0.6 is 34.5 Å². The van der Waals surface area contributed by atoms with Crippen molar-refractivity contribution in [1.29, 1.82) is 0 Å². The lowest BCUT2D eigenvalue weighted by Gasteiger charge is -2.09. The number of halogens is 2. The summed E-state index contributed by atoms with van der Waals surface area (Å²) in [5.41, 5.74) is 3.25. The van der Waals surface area contributed by atoms with Gasteiger partial charge in [0.05, 0.1) is 17.7 Å². The molecule has 0 saturated heterocycles. The molecule has 0 radical (unpaired) electrons. The summed E-state index contributed by atoms with van der Waals surface area (Å²) in [4.78, 5) is 25.0. The summed E-state index contributed by atoms with van der Waals surface area (Å²) < 4.78 is 4.92. The van der Waals surface area contributed by atoms with Gasteiger partial charge in [0.15, 0.2) is 0 Å². The highest BCUT2D eigenvalue weighted by molar-refractivity contribution is 7.15. The SMILES string of the molecule is COC(=O)c1c(-c2ccc(C)cc2)csc1NC(=O)c1ccc(Cl)cc1Cl. The van der Waals surface area contributed by atoms with Crippen LogP contribution in [-0.2, 0) is 4.74 Å². The number of anilines is 1. The minimum atomic E-state index is -0.524. The molecule has 7 heteroatoms. The summed E-state index contributed by atoms with van der Waals surface area (Å²) in [6.07, 6.45) is 0. The van der Waals surface area contributed by atoms with Crippen LogP contribution in [0.3, 0.4) is 0 Å². The Morgan fingerprint density at radius 3 is 2.41 bits per heavy atom. The molecule has 0 spiro atoms. The zero-order chi connectivity index (χ0) is 19.6. The van der Waals surface area contributed by atoms with Crippen LogP contribution in [0.2, 0.25) is 10.0 Å². The normalized spacial score (nSPS) is 10.5. The molecule has 1 N–H and O–H groups in total. The van der Waals surface area contributed by atoms with Gasteiger partial charge in [-0.2, -0.15) is 0 Å². The van der Waals surface area contributed by atoms with Gasteiger partial charge in [-0.1, -0.05) is 53.0 Å². The number of benzene rings is 2. The molecule has 0 bridgehead atoms. The molecule has 138 valence electrons. The number of ether oxygens (including phenoxy) is 1. The average Bonchev–Trinajstić information content (AvgIpc) is 3.05. The van der Waals surface area contributed by atoms with Crippen LogP contribution in [-0.4, -0.2) is 19.0 Å². The zero-order valence-electron chi connectivity index (χ0n) is 14.5. The molecule has 27 heavy (non-hydrogen) atoms. The number of hydrogen-bond acceptors (Lipinski definition) is 4. The number of carbonyl (C=O) groups excluding carboxylic acids is 2. The number of aryl methyl sites for hydroxylation is 1. The van der Waals surface area contributed by atoms with Gasteiger partial charge in [-0.25, -0.2) is 4.79 Å². The van der Waals surface area contributed by atoms with E-state index in [1.165, 1.54) is 30.6 Å². The Labute approximate surface area is 170 Å². The van der Waals surface area contributed by atoms with E-state index in [-0.39, 0.29) is 10.6 Å². The van der Waals surface area contributed by atoms with Crippen LogP contribution < -0.4 is 5.32 Å². The second-order valence-corrected chi connectivity index (χ2v) is 7.51. The van der Waals surface area contributed by atoms with Crippen molar-refractivity contribution >= 4 is 51.4 Å². The summed E-state index contributed by atoms with van der Waals surface area (Å²) in [6.45, 7) is 1.99. The third kappa shape index (κ3) is 4.16. The summed E-state index contributed by atoms with van der Waals surface area (Å²) in [5, 5.41) is 5.63. The molecule has 3 rings (SSSR count).